The number of aromatic nitrogens is 3. The molecule has 3 heterocycles. The standard InChI is InChI=1S/C47H57ClN6O7S/c1-29-11-12-35(43-30(2)25-31(3)61-32(43)4)26-41(29)62(56,57)50-22-20-47(8,9)60-24-23-59-46(6,7)19-21-49-42(55)28-39-45-53-52-33(5)54(45)40-18-17-37(58-10)27-38(40)44(51-39)34-13-15-36(48)16-14-34/h11-18,25-27,39,50H,3,19-24,28H2,1-2,4-10H3,(H,49,55). The highest BCUT2D eigenvalue weighted by Crippen LogP contribution is 2.36. The van der Waals surface area contributed by atoms with Gasteiger partial charge in [0.25, 0.3) is 0 Å². The van der Waals surface area contributed by atoms with Gasteiger partial charge in [-0.05, 0) is 127 Å². The van der Waals surface area contributed by atoms with E-state index in [1.807, 2.05) is 114 Å². The fourth-order valence-corrected chi connectivity index (χ4v) is 9.04. The zero-order valence-electron chi connectivity index (χ0n) is 37.0. The Morgan fingerprint density at radius 3 is 2.23 bits per heavy atom. The highest BCUT2D eigenvalue weighted by atomic mass is 35.5. The van der Waals surface area contributed by atoms with Crippen LogP contribution in [0.5, 0.6) is 5.75 Å². The van der Waals surface area contributed by atoms with Gasteiger partial charge in [-0.1, -0.05) is 42.4 Å². The molecule has 15 heteroatoms. The van der Waals surface area contributed by atoms with Gasteiger partial charge in [-0.15, -0.1) is 10.2 Å². The number of hydrogen-bond acceptors (Lipinski definition) is 10. The maximum absolute atomic E-state index is 13.5. The number of halogens is 1. The molecule has 0 spiro atoms. The Balaban J connectivity index is 0.989. The van der Waals surface area contributed by atoms with E-state index in [1.54, 1.807) is 20.1 Å². The first-order chi connectivity index (χ1) is 29.3. The van der Waals surface area contributed by atoms with Gasteiger partial charge in [0.2, 0.25) is 15.9 Å². The third-order valence-corrected chi connectivity index (χ3v) is 12.8. The molecule has 0 saturated carbocycles. The number of nitrogens with zero attached hydrogens (tertiary/aromatic N) is 4. The number of amides is 1. The zero-order valence-corrected chi connectivity index (χ0v) is 38.6. The first kappa shape index (κ1) is 46.4. The molecule has 330 valence electrons. The number of sulfonamides is 1. The van der Waals surface area contributed by atoms with Crippen LogP contribution in [0.3, 0.4) is 0 Å². The van der Waals surface area contributed by atoms with E-state index in [9.17, 15) is 13.2 Å². The van der Waals surface area contributed by atoms with Crippen molar-refractivity contribution in [1.29, 1.82) is 0 Å². The lowest BCUT2D eigenvalue weighted by Gasteiger charge is -2.29. The second kappa shape index (κ2) is 19.1. The molecule has 1 aromatic heterocycles. The Bertz CT molecular complexity index is 2540. The Labute approximate surface area is 370 Å². The summed E-state index contributed by atoms with van der Waals surface area (Å²) in [6.07, 6.45) is 2.87. The second-order valence-corrected chi connectivity index (χ2v) is 19.0. The van der Waals surface area contributed by atoms with Crippen molar-refractivity contribution in [2.24, 2.45) is 4.99 Å². The molecular weight excluding hydrogens is 828 g/mol. The Hall–Kier alpha value is -5.12. The topological polar surface area (TPSA) is 155 Å². The van der Waals surface area contributed by atoms with Crippen molar-refractivity contribution < 1.29 is 32.2 Å². The van der Waals surface area contributed by atoms with E-state index in [0.717, 1.165) is 33.5 Å². The molecule has 0 saturated heterocycles. The summed E-state index contributed by atoms with van der Waals surface area (Å²) in [5, 5.41) is 12.5. The summed E-state index contributed by atoms with van der Waals surface area (Å²) in [6.45, 7) is 20.3. The lowest BCUT2D eigenvalue weighted by atomic mass is 9.95. The van der Waals surface area contributed by atoms with Gasteiger partial charge in [-0.25, -0.2) is 13.1 Å². The molecule has 1 amide bonds. The lowest BCUT2D eigenvalue weighted by Crippen LogP contribution is -2.36. The lowest BCUT2D eigenvalue weighted by molar-refractivity contribution is -0.122. The maximum Gasteiger partial charge on any atom is 0.240 e. The minimum absolute atomic E-state index is 0.0498. The van der Waals surface area contributed by atoms with Crippen LogP contribution in [-0.2, 0) is 29.0 Å². The molecule has 2 aliphatic heterocycles. The molecule has 0 radical (unpaired) electrons. The van der Waals surface area contributed by atoms with E-state index < -0.39 is 27.3 Å². The van der Waals surface area contributed by atoms with Crippen LogP contribution in [0.15, 0.2) is 100 Å². The number of hydrogen-bond donors (Lipinski definition) is 2. The summed E-state index contributed by atoms with van der Waals surface area (Å²) in [4.78, 5) is 18.9. The van der Waals surface area contributed by atoms with Crippen molar-refractivity contribution in [3.63, 3.8) is 0 Å². The molecule has 3 aromatic carbocycles. The molecular formula is C47H57ClN6O7S. The van der Waals surface area contributed by atoms with Crippen LogP contribution in [0, 0.1) is 13.8 Å². The van der Waals surface area contributed by atoms with Gasteiger partial charge in [0, 0.05) is 34.8 Å². The Morgan fingerprint density at radius 2 is 1.56 bits per heavy atom. The normalized spacial score (nSPS) is 15.6. The quantitative estimate of drug-likeness (QED) is 0.0936. The summed E-state index contributed by atoms with van der Waals surface area (Å²) < 4.78 is 55.3. The van der Waals surface area contributed by atoms with Gasteiger partial charge in [0.05, 0.1) is 54.2 Å². The molecule has 1 unspecified atom stereocenters. The van der Waals surface area contributed by atoms with Crippen molar-refractivity contribution in [3.05, 3.63) is 129 Å². The monoisotopic (exact) mass is 884 g/mol. The van der Waals surface area contributed by atoms with Crippen LogP contribution in [0.2, 0.25) is 5.02 Å². The number of carbonyl (C=O) groups is 1. The molecule has 0 aliphatic carbocycles. The van der Waals surface area contributed by atoms with E-state index in [2.05, 4.69) is 26.8 Å². The zero-order chi connectivity index (χ0) is 45.0. The summed E-state index contributed by atoms with van der Waals surface area (Å²) in [7, 11) is -2.20. The Kier molecular flexibility index (Phi) is 14.3. The molecule has 6 rings (SSSR count). The largest absolute Gasteiger partial charge is 0.497 e. The Morgan fingerprint density at radius 1 is 0.903 bits per heavy atom. The summed E-state index contributed by atoms with van der Waals surface area (Å²) in [6, 6.07) is 18.0. The molecule has 0 fully saturated rings. The molecule has 62 heavy (non-hydrogen) atoms. The minimum atomic E-state index is -3.81. The maximum atomic E-state index is 13.5. The predicted molar refractivity (Wildman–Crippen MR) is 242 cm³/mol. The highest BCUT2D eigenvalue weighted by Gasteiger charge is 2.31. The smallest absolute Gasteiger partial charge is 0.240 e. The molecule has 4 aromatic rings. The average Bonchev–Trinajstić information content (AvgIpc) is 3.52. The number of aliphatic imine (C=N–C) groups is 1. The van der Waals surface area contributed by atoms with Crippen molar-refractivity contribution in [2.75, 3.05) is 33.4 Å². The van der Waals surface area contributed by atoms with Crippen LogP contribution in [0.1, 0.15) is 101 Å². The van der Waals surface area contributed by atoms with Crippen molar-refractivity contribution in [3.8, 4) is 11.4 Å². The molecule has 1 atom stereocenters. The van der Waals surface area contributed by atoms with Gasteiger partial charge in [-0.2, -0.15) is 0 Å². The van der Waals surface area contributed by atoms with Gasteiger partial charge >= 0.3 is 0 Å². The highest BCUT2D eigenvalue weighted by molar-refractivity contribution is 7.89. The first-order valence-electron chi connectivity index (χ1n) is 20.6. The predicted octanol–water partition coefficient (Wildman–Crippen LogP) is 8.51. The number of allylic oxidation sites excluding steroid dienone is 4. The number of benzene rings is 3. The van der Waals surface area contributed by atoms with E-state index in [0.29, 0.717) is 77.8 Å². The minimum Gasteiger partial charge on any atom is -0.497 e. The van der Waals surface area contributed by atoms with Crippen LogP contribution < -0.4 is 14.8 Å². The van der Waals surface area contributed by atoms with Crippen LogP contribution in [0.4, 0.5) is 0 Å². The fraction of sp³-hybridized carbons (Fsp3) is 0.404. The summed E-state index contributed by atoms with van der Waals surface area (Å²) >= 11 is 6.24. The summed E-state index contributed by atoms with van der Waals surface area (Å²) in [5.74, 6) is 2.94. The first-order valence-corrected chi connectivity index (χ1v) is 22.5. The summed E-state index contributed by atoms with van der Waals surface area (Å²) in [5.41, 5.74) is 5.19. The number of fused-ring (bicyclic) bond motifs is 3. The second-order valence-electron chi connectivity index (χ2n) is 16.8. The number of ether oxygens (including phenoxy) is 4. The van der Waals surface area contributed by atoms with Crippen molar-refractivity contribution in [2.45, 2.75) is 96.8 Å². The van der Waals surface area contributed by atoms with Gasteiger partial charge in [0.1, 0.15) is 29.1 Å². The third kappa shape index (κ3) is 11.1. The van der Waals surface area contributed by atoms with E-state index in [-0.39, 0.29) is 23.8 Å². The third-order valence-electron chi connectivity index (χ3n) is 10.9. The number of rotatable bonds is 18. The van der Waals surface area contributed by atoms with Crippen molar-refractivity contribution >= 4 is 38.8 Å². The van der Waals surface area contributed by atoms with Crippen LogP contribution in [-0.4, -0.2) is 79.4 Å². The van der Waals surface area contributed by atoms with Gasteiger partial charge in [-0.3, -0.25) is 14.4 Å². The van der Waals surface area contributed by atoms with Crippen LogP contribution >= 0.6 is 11.6 Å². The van der Waals surface area contributed by atoms with Crippen LogP contribution in [0.25, 0.3) is 11.3 Å². The molecule has 13 nitrogen and oxygen atoms in total. The van der Waals surface area contributed by atoms with E-state index in [1.165, 1.54) is 0 Å². The van der Waals surface area contributed by atoms with Crippen molar-refractivity contribution in [1.82, 2.24) is 24.8 Å². The number of carbonyl (C=O) groups excluding carboxylic acids is 1. The van der Waals surface area contributed by atoms with E-state index in [4.69, 9.17) is 35.5 Å². The fourth-order valence-electron chi connectivity index (χ4n) is 7.62. The average molecular weight is 886 g/mol. The van der Waals surface area contributed by atoms with Gasteiger partial charge < -0.3 is 24.3 Å². The SMILES string of the molecule is C=C1C=C(C)C(c2ccc(C)c(S(=O)(=O)NCCC(C)(C)OCCOC(C)(C)CCNC(=O)CC3N=C(c4ccc(Cl)cc4)c4cc(OC)ccc4-n4c(C)nnc43)c2)=C(C)O1. The number of aryl methyl sites for hydroxylation is 2. The number of methoxy groups -OCH3 is 1. The number of nitrogens with one attached hydrogen (secondary N) is 2. The molecule has 2 N–H and O–H groups in total. The molecule has 2 aliphatic rings. The molecule has 0 bridgehead atoms. The van der Waals surface area contributed by atoms with Gasteiger partial charge in [0.15, 0.2) is 5.82 Å². The van der Waals surface area contributed by atoms with E-state index >= 15 is 0 Å².